The number of halogens is 1. The third kappa shape index (κ3) is 4.16. The molecule has 0 aliphatic carbocycles. The Hall–Kier alpha value is -2.89. The van der Waals surface area contributed by atoms with E-state index in [1.807, 2.05) is 31.2 Å². The van der Waals surface area contributed by atoms with Crippen LogP contribution in [0.3, 0.4) is 0 Å². The van der Waals surface area contributed by atoms with Crippen LogP contribution in [0.25, 0.3) is 0 Å². The van der Waals surface area contributed by atoms with Crippen molar-refractivity contribution in [3.63, 3.8) is 0 Å². The fourth-order valence-corrected chi connectivity index (χ4v) is 3.70. The predicted molar refractivity (Wildman–Crippen MR) is 109 cm³/mol. The van der Waals surface area contributed by atoms with E-state index in [2.05, 4.69) is 5.32 Å². The van der Waals surface area contributed by atoms with Crippen LogP contribution in [0, 0.1) is 5.82 Å². The average Bonchev–Trinajstić information content (AvgIpc) is 2.63. The first-order valence-electron chi connectivity index (χ1n) is 9.41. The third-order valence-corrected chi connectivity index (χ3v) is 5.13. The fraction of sp³-hybridized carbons (Fsp3) is 0.364. The molecule has 5 nitrogen and oxygen atoms in total. The molecule has 2 aromatic carbocycles. The predicted octanol–water partition coefficient (Wildman–Crippen LogP) is 3.75. The summed E-state index contributed by atoms with van der Waals surface area (Å²) in [5, 5.41) is 3.46. The number of nitrogens with zero attached hydrogens (tertiary/aromatic N) is 2. The van der Waals surface area contributed by atoms with Gasteiger partial charge in [-0.1, -0.05) is 12.1 Å². The van der Waals surface area contributed by atoms with Gasteiger partial charge in [0.15, 0.2) is 0 Å². The minimum absolute atomic E-state index is 0.00458. The smallest absolute Gasteiger partial charge is 0.226 e. The van der Waals surface area contributed by atoms with Crippen LogP contribution in [0.1, 0.15) is 37.4 Å². The van der Waals surface area contributed by atoms with Crippen LogP contribution in [0.4, 0.5) is 15.8 Å². The second-order valence-corrected chi connectivity index (χ2v) is 7.54. The molecule has 2 atom stereocenters. The number of anilines is 2. The molecule has 0 radical (unpaired) electrons. The molecule has 6 heteroatoms. The van der Waals surface area contributed by atoms with Gasteiger partial charge < -0.3 is 15.1 Å². The summed E-state index contributed by atoms with van der Waals surface area (Å²) in [5.74, 6) is -0.314. The van der Waals surface area contributed by atoms with Gasteiger partial charge in [-0.25, -0.2) is 4.39 Å². The summed E-state index contributed by atoms with van der Waals surface area (Å²) < 4.78 is 13.9. The van der Waals surface area contributed by atoms with Crippen LogP contribution in [0.5, 0.6) is 0 Å². The van der Waals surface area contributed by atoms with Gasteiger partial charge in [0.1, 0.15) is 5.82 Å². The molecule has 1 aliphatic rings. The summed E-state index contributed by atoms with van der Waals surface area (Å²) in [6.45, 7) is 3.53. The Morgan fingerprint density at radius 3 is 2.46 bits per heavy atom. The van der Waals surface area contributed by atoms with Crippen LogP contribution >= 0.6 is 0 Å². The first-order chi connectivity index (χ1) is 13.3. The molecule has 0 spiro atoms. The molecule has 0 saturated heterocycles. The van der Waals surface area contributed by atoms with E-state index in [0.29, 0.717) is 12.8 Å². The normalized spacial score (nSPS) is 18.4. The summed E-state index contributed by atoms with van der Waals surface area (Å²) >= 11 is 0. The van der Waals surface area contributed by atoms with Crippen molar-refractivity contribution in [3.8, 4) is 0 Å². The maximum Gasteiger partial charge on any atom is 0.226 e. The molecule has 0 saturated carbocycles. The first-order valence-corrected chi connectivity index (χ1v) is 9.41. The lowest BCUT2D eigenvalue weighted by molar-refractivity contribution is -0.128. The molecule has 1 aliphatic heterocycles. The maximum atomic E-state index is 13.9. The van der Waals surface area contributed by atoms with Crippen LogP contribution in [-0.2, 0) is 16.0 Å². The highest BCUT2D eigenvalue weighted by Gasteiger charge is 2.32. The SMILES string of the molecule is CC(=O)N1c2ccc(F)cc2C(Nc2ccc(CC(=O)N(C)C)cc2)CC1C. The Bertz CT molecular complexity index is 880. The number of hydrogen-bond acceptors (Lipinski definition) is 3. The van der Waals surface area contributed by atoms with E-state index in [1.165, 1.54) is 19.1 Å². The quantitative estimate of drug-likeness (QED) is 0.875. The lowest BCUT2D eigenvalue weighted by Gasteiger charge is -2.39. The fourth-order valence-electron chi connectivity index (χ4n) is 3.70. The van der Waals surface area contributed by atoms with Gasteiger partial charge in [-0.2, -0.15) is 0 Å². The number of benzene rings is 2. The molecular weight excluding hydrogens is 357 g/mol. The molecule has 148 valence electrons. The van der Waals surface area contributed by atoms with Gasteiger partial charge >= 0.3 is 0 Å². The lowest BCUT2D eigenvalue weighted by atomic mass is 9.91. The van der Waals surface area contributed by atoms with Crippen molar-refractivity contribution in [2.24, 2.45) is 0 Å². The van der Waals surface area contributed by atoms with Crippen molar-refractivity contribution in [1.82, 2.24) is 4.90 Å². The van der Waals surface area contributed by atoms with Gasteiger partial charge in [-0.3, -0.25) is 9.59 Å². The summed E-state index contributed by atoms with van der Waals surface area (Å²) in [7, 11) is 3.48. The van der Waals surface area contributed by atoms with Crippen molar-refractivity contribution in [3.05, 3.63) is 59.4 Å². The molecule has 0 aromatic heterocycles. The van der Waals surface area contributed by atoms with E-state index in [-0.39, 0.29) is 29.7 Å². The second-order valence-electron chi connectivity index (χ2n) is 7.54. The Balaban J connectivity index is 1.82. The highest BCUT2D eigenvalue weighted by Crippen LogP contribution is 2.39. The topological polar surface area (TPSA) is 52.7 Å². The molecule has 2 unspecified atom stereocenters. The van der Waals surface area contributed by atoms with E-state index in [0.717, 1.165) is 22.5 Å². The van der Waals surface area contributed by atoms with Crippen molar-refractivity contribution >= 4 is 23.2 Å². The summed E-state index contributed by atoms with van der Waals surface area (Å²) in [5.41, 5.74) is 3.36. The van der Waals surface area contributed by atoms with Gasteiger partial charge in [-0.05, 0) is 49.2 Å². The van der Waals surface area contributed by atoms with Crippen molar-refractivity contribution < 1.29 is 14.0 Å². The van der Waals surface area contributed by atoms with E-state index in [4.69, 9.17) is 0 Å². The highest BCUT2D eigenvalue weighted by molar-refractivity contribution is 5.93. The number of carbonyl (C=O) groups is 2. The van der Waals surface area contributed by atoms with Crippen LogP contribution in [0.2, 0.25) is 0 Å². The standard InChI is InChI=1S/C22H26FN3O2/c1-14-11-20(19-13-17(23)7-10-21(19)26(14)15(2)27)24-18-8-5-16(6-9-18)12-22(28)25(3)4/h5-10,13-14,20,24H,11-12H2,1-4H3. The Labute approximate surface area is 165 Å². The van der Waals surface area contributed by atoms with E-state index in [1.54, 1.807) is 30.0 Å². The first kappa shape index (κ1) is 19.9. The summed E-state index contributed by atoms with van der Waals surface area (Å²) in [4.78, 5) is 27.2. The largest absolute Gasteiger partial charge is 0.378 e. The van der Waals surface area contributed by atoms with Crippen LogP contribution < -0.4 is 10.2 Å². The number of likely N-dealkylation sites (N-methyl/N-ethyl adjacent to an activating group) is 1. The van der Waals surface area contributed by atoms with E-state index >= 15 is 0 Å². The van der Waals surface area contributed by atoms with Gasteiger partial charge in [-0.15, -0.1) is 0 Å². The molecule has 28 heavy (non-hydrogen) atoms. The van der Waals surface area contributed by atoms with Gasteiger partial charge in [0.05, 0.1) is 12.5 Å². The van der Waals surface area contributed by atoms with Crippen LogP contribution in [-0.4, -0.2) is 36.9 Å². The average molecular weight is 383 g/mol. The molecule has 0 fully saturated rings. The van der Waals surface area contributed by atoms with E-state index in [9.17, 15) is 14.0 Å². The number of hydrogen-bond donors (Lipinski definition) is 1. The molecule has 2 amide bonds. The number of rotatable bonds is 4. The molecule has 3 rings (SSSR count). The highest BCUT2D eigenvalue weighted by atomic mass is 19.1. The molecular formula is C22H26FN3O2. The van der Waals surface area contributed by atoms with E-state index < -0.39 is 0 Å². The summed E-state index contributed by atoms with van der Waals surface area (Å²) in [6.07, 6.45) is 1.03. The minimum Gasteiger partial charge on any atom is -0.378 e. The monoisotopic (exact) mass is 383 g/mol. The zero-order chi connectivity index (χ0) is 20.4. The second kappa shape index (κ2) is 8.00. The number of carbonyl (C=O) groups excluding carboxylic acids is 2. The van der Waals surface area contributed by atoms with Crippen molar-refractivity contribution in [2.75, 3.05) is 24.3 Å². The molecule has 0 bridgehead atoms. The molecule has 1 N–H and O–H groups in total. The van der Waals surface area contributed by atoms with Gasteiger partial charge in [0.2, 0.25) is 11.8 Å². The third-order valence-electron chi connectivity index (χ3n) is 5.13. The summed E-state index contributed by atoms with van der Waals surface area (Å²) in [6, 6.07) is 12.2. The number of amides is 2. The Kier molecular flexibility index (Phi) is 5.68. The zero-order valence-electron chi connectivity index (χ0n) is 16.7. The zero-order valence-corrected chi connectivity index (χ0v) is 16.7. The van der Waals surface area contributed by atoms with Gasteiger partial charge in [0.25, 0.3) is 0 Å². The van der Waals surface area contributed by atoms with Crippen LogP contribution in [0.15, 0.2) is 42.5 Å². The van der Waals surface area contributed by atoms with Gasteiger partial charge in [0, 0.05) is 44.0 Å². The van der Waals surface area contributed by atoms with Crippen molar-refractivity contribution in [2.45, 2.75) is 38.8 Å². The Morgan fingerprint density at radius 2 is 1.86 bits per heavy atom. The maximum absolute atomic E-state index is 13.9. The molecule has 1 heterocycles. The number of fused-ring (bicyclic) bond motifs is 1. The number of nitrogens with one attached hydrogen (secondary N) is 1. The van der Waals surface area contributed by atoms with Crippen molar-refractivity contribution in [1.29, 1.82) is 0 Å². The molecule has 2 aromatic rings. The Morgan fingerprint density at radius 1 is 1.18 bits per heavy atom. The minimum atomic E-state index is -0.318. The lowest BCUT2D eigenvalue weighted by Crippen LogP contribution is -2.43.